The summed E-state index contributed by atoms with van der Waals surface area (Å²) >= 11 is 0. The van der Waals surface area contributed by atoms with Crippen molar-refractivity contribution < 1.29 is 4.42 Å². The molecule has 0 N–H and O–H groups in total. The zero-order valence-corrected chi connectivity index (χ0v) is 31.3. The van der Waals surface area contributed by atoms with Crippen molar-refractivity contribution in [3.8, 4) is 44.5 Å². The number of rotatable bonds is 6. The predicted octanol–water partition coefficient (Wildman–Crippen LogP) is 15.3. The van der Waals surface area contributed by atoms with E-state index in [1.54, 1.807) is 0 Å². The van der Waals surface area contributed by atoms with Crippen molar-refractivity contribution in [2.45, 2.75) is 37.5 Å². The maximum atomic E-state index is 6.54. The molecule has 0 atom stereocenters. The molecule has 1 fully saturated rings. The number of anilines is 3. The molecule has 0 bridgehead atoms. The SMILES string of the molecule is c1ccc(-c2ccccc2-c2ccccc2-c2ccccc2N(c2ccc3c(c2)C2(CCCCC2)c2ccccc2-3)c2ccc3c(c2)oc2ccccc23)cc1. The molecule has 1 aromatic heterocycles. The fourth-order valence-electron chi connectivity index (χ4n) is 9.99. The number of para-hydroxylation sites is 2. The monoisotopic (exact) mass is 719 g/mol. The highest BCUT2D eigenvalue weighted by atomic mass is 16.3. The molecule has 1 spiro atoms. The summed E-state index contributed by atoms with van der Waals surface area (Å²) in [5.41, 5.74) is 18.2. The molecule has 56 heavy (non-hydrogen) atoms. The smallest absolute Gasteiger partial charge is 0.137 e. The standard InChI is InChI=1S/C54H41NO/c1-3-17-37(18-4-1)40-19-5-6-20-41(40)42-21-7-8-22-43(42)46-24-10-13-27-51(46)55(39-30-32-48-47-25-11-14-28-52(47)56-53(48)36-39)38-29-31-45-44-23-9-12-26-49(44)54(50(45)35-38)33-15-2-16-34-54/h1,3-14,17-32,35-36H,2,15-16,33-34H2. The van der Waals surface area contributed by atoms with Gasteiger partial charge in [0.25, 0.3) is 0 Å². The first-order valence-electron chi connectivity index (χ1n) is 20.1. The number of hydrogen-bond acceptors (Lipinski definition) is 2. The first-order chi connectivity index (χ1) is 27.8. The molecule has 2 aliphatic carbocycles. The van der Waals surface area contributed by atoms with Crippen LogP contribution in [0.25, 0.3) is 66.4 Å². The van der Waals surface area contributed by atoms with Gasteiger partial charge in [0, 0.05) is 39.2 Å². The van der Waals surface area contributed by atoms with Gasteiger partial charge in [-0.25, -0.2) is 0 Å². The lowest BCUT2D eigenvalue weighted by Crippen LogP contribution is -2.28. The van der Waals surface area contributed by atoms with Crippen LogP contribution in [0.2, 0.25) is 0 Å². The van der Waals surface area contributed by atoms with Gasteiger partial charge in [-0.3, -0.25) is 0 Å². The maximum Gasteiger partial charge on any atom is 0.137 e. The Labute approximate surface area is 328 Å². The van der Waals surface area contributed by atoms with Crippen LogP contribution >= 0.6 is 0 Å². The Hall–Kier alpha value is -6.64. The van der Waals surface area contributed by atoms with Crippen LogP contribution in [0.15, 0.2) is 192 Å². The molecule has 2 aliphatic rings. The largest absolute Gasteiger partial charge is 0.456 e. The van der Waals surface area contributed by atoms with Gasteiger partial charge in [0.1, 0.15) is 11.2 Å². The normalized spacial score (nSPS) is 14.2. The van der Waals surface area contributed by atoms with E-state index in [2.05, 4.69) is 187 Å². The van der Waals surface area contributed by atoms with Crippen molar-refractivity contribution in [2.24, 2.45) is 0 Å². The summed E-state index contributed by atoms with van der Waals surface area (Å²) in [5, 5.41) is 2.27. The lowest BCUT2D eigenvalue weighted by molar-refractivity contribution is 0.353. The van der Waals surface area contributed by atoms with Crippen LogP contribution in [0.5, 0.6) is 0 Å². The van der Waals surface area contributed by atoms with E-state index in [0.717, 1.165) is 39.0 Å². The van der Waals surface area contributed by atoms with Crippen molar-refractivity contribution in [2.75, 3.05) is 4.90 Å². The van der Waals surface area contributed by atoms with Crippen LogP contribution in [-0.2, 0) is 5.41 Å². The second-order valence-electron chi connectivity index (χ2n) is 15.5. The minimum absolute atomic E-state index is 0.0435. The Morgan fingerprint density at radius 3 is 1.73 bits per heavy atom. The topological polar surface area (TPSA) is 16.4 Å². The molecule has 0 amide bonds. The van der Waals surface area contributed by atoms with Crippen molar-refractivity contribution in [3.63, 3.8) is 0 Å². The van der Waals surface area contributed by atoms with Crippen LogP contribution in [0, 0.1) is 0 Å². The van der Waals surface area contributed by atoms with Gasteiger partial charge in [0.2, 0.25) is 0 Å². The number of furan rings is 1. The van der Waals surface area contributed by atoms with Gasteiger partial charge in [0.05, 0.1) is 5.69 Å². The van der Waals surface area contributed by atoms with Gasteiger partial charge in [-0.2, -0.15) is 0 Å². The first kappa shape index (κ1) is 32.8. The average molecular weight is 720 g/mol. The predicted molar refractivity (Wildman–Crippen MR) is 234 cm³/mol. The summed E-state index contributed by atoms with van der Waals surface area (Å²) in [6.07, 6.45) is 6.21. The fourth-order valence-corrected chi connectivity index (χ4v) is 9.99. The van der Waals surface area contributed by atoms with Crippen molar-refractivity contribution in [1.29, 1.82) is 0 Å². The van der Waals surface area contributed by atoms with Gasteiger partial charge in [-0.1, -0.05) is 165 Å². The van der Waals surface area contributed by atoms with Crippen molar-refractivity contribution in [1.82, 2.24) is 0 Å². The van der Waals surface area contributed by atoms with E-state index in [-0.39, 0.29) is 5.41 Å². The number of hydrogen-bond donors (Lipinski definition) is 0. The van der Waals surface area contributed by atoms with E-state index in [1.807, 2.05) is 6.07 Å². The second-order valence-corrected chi connectivity index (χ2v) is 15.5. The summed E-state index contributed by atoms with van der Waals surface area (Å²) < 4.78 is 6.54. The number of benzene rings is 8. The molecule has 0 saturated heterocycles. The highest BCUT2D eigenvalue weighted by Gasteiger charge is 2.44. The molecule has 2 heteroatoms. The molecule has 0 radical (unpaired) electrons. The Balaban J connectivity index is 1.14. The van der Waals surface area contributed by atoms with Gasteiger partial charge < -0.3 is 9.32 Å². The van der Waals surface area contributed by atoms with Crippen molar-refractivity contribution in [3.05, 3.63) is 199 Å². The highest BCUT2D eigenvalue weighted by Crippen LogP contribution is 2.57. The molecule has 0 unspecified atom stereocenters. The summed E-state index contributed by atoms with van der Waals surface area (Å²) in [6, 6.07) is 68.9. The molecular formula is C54H41NO. The van der Waals surface area contributed by atoms with E-state index < -0.39 is 0 Å². The third kappa shape index (κ3) is 5.17. The summed E-state index contributed by atoms with van der Waals surface area (Å²) in [4.78, 5) is 2.47. The Kier molecular flexibility index (Phi) is 7.77. The molecule has 11 rings (SSSR count). The lowest BCUT2D eigenvalue weighted by Gasteiger charge is -2.37. The van der Waals surface area contributed by atoms with E-state index in [0.29, 0.717) is 0 Å². The van der Waals surface area contributed by atoms with E-state index >= 15 is 0 Å². The molecular weight excluding hydrogens is 679 g/mol. The average Bonchev–Trinajstić information content (AvgIpc) is 3.77. The van der Waals surface area contributed by atoms with Gasteiger partial charge in [-0.15, -0.1) is 0 Å². The van der Waals surface area contributed by atoms with Crippen LogP contribution in [-0.4, -0.2) is 0 Å². The quantitative estimate of drug-likeness (QED) is 0.170. The summed E-state index contributed by atoms with van der Waals surface area (Å²) in [7, 11) is 0. The fraction of sp³-hybridized carbons (Fsp3) is 0.111. The van der Waals surface area contributed by atoms with Gasteiger partial charge >= 0.3 is 0 Å². The minimum atomic E-state index is 0.0435. The van der Waals surface area contributed by atoms with Crippen molar-refractivity contribution >= 4 is 39.0 Å². The van der Waals surface area contributed by atoms with Gasteiger partial charge in [-0.05, 0) is 99.3 Å². The summed E-state index contributed by atoms with van der Waals surface area (Å²) in [5.74, 6) is 0. The van der Waals surface area contributed by atoms with Crippen LogP contribution in [0.3, 0.4) is 0 Å². The van der Waals surface area contributed by atoms with E-state index in [1.165, 1.54) is 87.7 Å². The molecule has 9 aromatic rings. The zero-order valence-electron chi connectivity index (χ0n) is 31.3. The Bertz CT molecular complexity index is 2910. The Morgan fingerprint density at radius 1 is 0.375 bits per heavy atom. The van der Waals surface area contributed by atoms with Gasteiger partial charge in [0.15, 0.2) is 0 Å². The Morgan fingerprint density at radius 2 is 0.929 bits per heavy atom. The first-order valence-corrected chi connectivity index (χ1v) is 20.1. The molecule has 2 nitrogen and oxygen atoms in total. The number of nitrogens with zero attached hydrogens (tertiary/aromatic N) is 1. The zero-order chi connectivity index (χ0) is 37.1. The minimum Gasteiger partial charge on any atom is -0.456 e. The highest BCUT2D eigenvalue weighted by molar-refractivity contribution is 6.06. The van der Waals surface area contributed by atoms with E-state index in [9.17, 15) is 0 Å². The molecule has 268 valence electrons. The lowest BCUT2D eigenvalue weighted by atomic mass is 9.68. The third-order valence-electron chi connectivity index (χ3n) is 12.5. The molecule has 8 aromatic carbocycles. The number of fused-ring (bicyclic) bond motifs is 8. The second kappa shape index (κ2) is 13.3. The van der Waals surface area contributed by atoms with Crippen LogP contribution in [0.1, 0.15) is 43.2 Å². The van der Waals surface area contributed by atoms with E-state index in [4.69, 9.17) is 4.42 Å². The molecule has 1 heterocycles. The van der Waals surface area contributed by atoms with Crippen LogP contribution < -0.4 is 4.90 Å². The molecule has 0 aliphatic heterocycles. The summed E-state index contributed by atoms with van der Waals surface area (Å²) in [6.45, 7) is 0. The molecule has 1 saturated carbocycles. The van der Waals surface area contributed by atoms with Crippen LogP contribution in [0.4, 0.5) is 17.1 Å². The third-order valence-corrected chi connectivity index (χ3v) is 12.5. The maximum absolute atomic E-state index is 6.54.